The molecule has 0 heterocycles. The fourth-order valence-electron chi connectivity index (χ4n) is 1.27. The lowest BCUT2D eigenvalue weighted by molar-refractivity contribution is 0.482. The van der Waals surface area contributed by atoms with Gasteiger partial charge in [-0.2, -0.15) is 0 Å². The summed E-state index contributed by atoms with van der Waals surface area (Å²) in [5.74, 6) is -1.65. The number of rotatable bonds is 3. The second-order valence-corrected chi connectivity index (χ2v) is 3.04. The van der Waals surface area contributed by atoms with Crippen molar-refractivity contribution in [2.24, 2.45) is 5.73 Å². The minimum atomic E-state index is -0.830. The molecule has 2 N–H and O–H groups in total. The predicted octanol–water partition coefficient (Wildman–Crippen LogP) is 2.76. The Hall–Kier alpha value is -0.960. The maximum Gasteiger partial charge on any atom is 0.163 e. The molecule has 0 radical (unpaired) electrons. The van der Waals surface area contributed by atoms with Crippen molar-refractivity contribution < 1.29 is 8.78 Å². The van der Waals surface area contributed by atoms with Crippen molar-refractivity contribution in [1.29, 1.82) is 0 Å². The molecule has 0 spiro atoms. The third-order valence-corrected chi connectivity index (χ3v) is 1.98. The molecule has 1 atom stereocenters. The van der Waals surface area contributed by atoms with Gasteiger partial charge in [-0.05, 0) is 12.5 Å². The number of nitrogens with two attached hydrogens (primary N) is 1. The second kappa shape index (κ2) is 4.33. The lowest BCUT2D eigenvalue weighted by atomic mass is 10.0. The van der Waals surface area contributed by atoms with Crippen molar-refractivity contribution in [2.45, 2.75) is 25.8 Å². The Balaban J connectivity index is 2.93. The normalized spacial score (nSPS) is 12.9. The van der Waals surface area contributed by atoms with Crippen molar-refractivity contribution in [3.63, 3.8) is 0 Å². The van der Waals surface area contributed by atoms with Crippen LogP contribution in [0.25, 0.3) is 0 Å². The highest BCUT2D eigenvalue weighted by atomic mass is 19.2. The predicted molar refractivity (Wildman–Crippen MR) is 48.2 cm³/mol. The molecule has 3 heteroatoms. The first-order chi connectivity index (χ1) is 6.16. The van der Waals surface area contributed by atoms with Gasteiger partial charge in [-0.1, -0.05) is 25.5 Å². The Morgan fingerprint density at radius 2 is 2.08 bits per heavy atom. The average molecular weight is 185 g/mol. The van der Waals surface area contributed by atoms with Crippen LogP contribution in [0.3, 0.4) is 0 Å². The molecule has 1 nitrogen and oxygen atoms in total. The van der Waals surface area contributed by atoms with Crippen molar-refractivity contribution in [2.75, 3.05) is 0 Å². The highest BCUT2D eigenvalue weighted by Crippen LogP contribution is 2.20. The van der Waals surface area contributed by atoms with Crippen LogP contribution in [0.4, 0.5) is 8.78 Å². The maximum atomic E-state index is 13.1. The molecule has 0 fully saturated rings. The largest absolute Gasteiger partial charge is 0.324 e. The summed E-state index contributed by atoms with van der Waals surface area (Å²) in [5.41, 5.74) is 5.93. The van der Waals surface area contributed by atoms with E-state index in [1.54, 1.807) is 0 Å². The number of benzene rings is 1. The van der Waals surface area contributed by atoms with Gasteiger partial charge in [0.15, 0.2) is 11.6 Å². The molecule has 1 aromatic carbocycles. The lowest BCUT2D eigenvalue weighted by Crippen LogP contribution is -2.12. The highest BCUT2D eigenvalue weighted by molar-refractivity contribution is 5.22. The molecule has 13 heavy (non-hydrogen) atoms. The van der Waals surface area contributed by atoms with Crippen molar-refractivity contribution in [3.8, 4) is 0 Å². The summed E-state index contributed by atoms with van der Waals surface area (Å²) < 4.78 is 25.9. The zero-order chi connectivity index (χ0) is 9.84. The van der Waals surface area contributed by atoms with Gasteiger partial charge in [-0.3, -0.25) is 0 Å². The van der Waals surface area contributed by atoms with E-state index in [0.717, 1.165) is 12.5 Å². The molecule has 0 aliphatic carbocycles. The highest BCUT2D eigenvalue weighted by Gasteiger charge is 2.13. The molecule has 0 saturated carbocycles. The van der Waals surface area contributed by atoms with Gasteiger partial charge in [0.1, 0.15) is 0 Å². The fourth-order valence-corrected chi connectivity index (χ4v) is 1.27. The number of hydrogen-bond acceptors (Lipinski definition) is 1. The Morgan fingerprint density at radius 1 is 1.38 bits per heavy atom. The molecule has 0 unspecified atom stereocenters. The summed E-state index contributed by atoms with van der Waals surface area (Å²) >= 11 is 0. The molecule has 0 saturated heterocycles. The first-order valence-corrected chi connectivity index (χ1v) is 4.36. The molecule has 0 aromatic heterocycles. The molecule has 0 aliphatic rings. The van der Waals surface area contributed by atoms with Crippen molar-refractivity contribution in [1.82, 2.24) is 0 Å². The van der Waals surface area contributed by atoms with E-state index in [4.69, 9.17) is 5.73 Å². The van der Waals surface area contributed by atoms with Crippen LogP contribution in [0, 0.1) is 11.6 Å². The topological polar surface area (TPSA) is 26.0 Å². The van der Waals surface area contributed by atoms with Gasteiger partial charge >= 0.3 is 0 Å². The van der Waals surface area contributed by atoms with Crippen LogP contribution < -0.4 is 5.73 Å². The van der Waals surface area contributed by atoms with E-state index in [1.807, 2.05) is 6.92 Å². The third kappa shape index (κ3) is 2.25. The van der Waals surface area contributed by atoms with Crippen LogP contribution >= 0.6 is 0 Å². The molecular formula is C10H13F2N. The van der Waals surface area contributed by atoms with Crippen LogP contribution in [0.2, 0.25) is 0 Å². The van der Waals surface area contributed by atoms with Gasteiger partial charge in [0, 0.05) is 11.6 Å². The van der Waals surface area contributed by atoms with E-state index in [0.29, 0.717) is 6.42 Å². The molecule has 72 valence electrons. The van der Waals surface area contributed by atoms with Gasteiger partial charge in [-0.15, -0.1) is 0 Å². The maximum absolute atomic E-state index is 13.1. The monoisotopic (exact) mass is 185 g/mol. The van der Waals surface area contributed by atoms with Gasteiger partial charge in [0.05, 0.1) is 0 Å². The van der Waals surface area contributed by atoms with Crippen molar-refractivity contribution >= 4 is 0 Å². The van der Waals surface area contributed by atoms with Crippen LogP contribution in [0.1, 0.15) is 31.4 Å². The molecule has 1 aromatic rings. The van der Waals surface area contributed by atoms with Gasteiger partial charge in [-0.25, -0.2) is 8.78 Å². The standard InChI is InChI=1S/C10H13F2N/c1-2-4-9(13)7-5-3-6-8(11)10(7)12/h3,5-6,9H,2,4,13H2,1H3/t9-/m1/s1. The van der Waals surface area contributed by atoms with Crippen LogP contribution in [-0.2, 0) is 0 Å². The molecule has 0 amide bonds. The Bertz CT molecular complexity index is 286. The van der Waals surface area contributed by atoms with E-state index >= 15 is 0 Å². The Kier molecular flexibility index (Phi) is 3.37. The van der Waals surface area contributed by atoms with E-state index in [9.17, 15) is 8.78 Å². The molecular weight excluding hydrogens is 172 g/mol. The van der Waals surface area contributed by atoms with E-state index < -0.39 is 17.7 Å². The minimum absolute atomic E-state index is 0.266. The summed E-state index contributed by atoms with van der Waals surface area (Å²) in [4.78, 5) is 0. The van der Waals surface area contributed by atoms with Crippen molar-refractivity contribution in [3.05, 3.63) is 35.4 Å². The third-order valence-electron chi connectivity index (χ3n) is 1.98. The molecule has 0 bridgehead atoms. The van der Waals surface area contributed by atoms with Crippen LogP contribution in [0.5, 0.6) is 0 Å². The SMILES string of the molecule is CCC[C@@H](N)c1cccc(F)c1F. The van der Waals surface area contributed by atoms with E-state index in [2.05, 4.69) is 0 Å². The average Bonchev–Trinajstić information content (AvgIpc) is 2.10. The first-order valence-electron chi connectivity index (χ1n) is 4.36. The first kappa shape index (κ1) is 10.1. The molecule has 1 rings (SSSR count). The summed E-state index contributed by atoms with van der Waals surface area (Å²) in [5, 5.41) is 0. The summed E-state index contributed by atoms with van der Waals surface area (Å²) in [6.45, 7) is 1.96. The zero-order valence-corrected chi connectivity index (χ0v) is 7.56. The van der Waals surface area contributed by atoms with Gasteiger partial charge in [0.2, 0.25) is 0 Å². The van der Waals surface area contributed by atoms with E-state index in [1.165, 1.54) is 12.1 Å². The van der Waals surface area contributed by atoms with Crippen LogP contribution in [0.15, 0.2) is 18.2 Å². The Labute approximate surface area is 76.6 Å². The van der Waals surface area contributed by atoms with Gasteiger partial charge in [0.25, 0.3) is 0 Å². The van der Waals surface area contributed by atoms with Crippen LogP contribution in [-0.4, -0.2) is 0 Å². The quantitative estimate of drug-likeness (QED) is 0.769. The summed E-state index contributed by atoms with van der Waals surface area (Å²) in [7, 11) is 0. The fraction of sp³-hybridized carbons (Fsp3) is 0.400. The van der Waals surface area contributed by atoms with E-state index in [-0.39, 0.29) is 5.56 Å². The number of halogens is 2. The molecule has 0 aliphatic heterocycles. The summed E-state index contributed by atoms with van der Waals surface area (Å²) in [6, 6.07) is 3.69. The second-order valence-electron chi connectivity index (χ2n) is 3.04. The summed E-state index contributed by atoms with van der Waals surface area (Å²) in [6.07, 6.45) is 1.53. The Morgan fingerprint density at radius 3 is 2.69 bits per heavy atom. The smallest absolute Gasteiger partial charge is 0.163 e. The number of hydrogen-bond donors (Lipinski definition) is 1. The zero-order valence-electron chi connectivity index (χ0n) is 7.56. The minimum Gasteiger partial charge on any atom is -0.324 e. The lowest BCUT2D eigenvalue weighted by Gasteiger charge is -2.11. The van der Waals surface area contributed by atoms with Gasteiger partial charge < -0.3 is 5.73 Å².